The number of ether oxygens (including phenoxy) is 1. The summed E-state index contributed by atoms with van der Waals surface area (Å²) in [7, 11) is 0. The predicted octanol–water partition coefficient (Wildman–Crippen LogP) is 3.28. The summed E-state index contributed by atoms with van der Waals surface area (Å²) in [5.74, 6) is 0. The monoisotopic (exact) mass is 249 g/mol. The molecule has 1 aromatic carbocycles. The van der Waals surface area contributed by atoms with Crippen LogP contribution in [0.25, 0.3) is 0 Å². The van der Waals surface area contributed by atoms with E-state index < -0.39 is 0 Å². The Hall–Kier alpha value is -0.860. The number of nitrogens with zero attached hydrogens (tertiary/aromatic N) is 1. The molecule has 0 spiro atoms. The number of hydrogen-bond donors (Lipinski definition) is 0. The number of morpholine rings is 1. The van der Waals surface area contributed by atoms with Gasteiger partial charge in [-0.05, 0) is 25.8 Å². The molecule has 1 atom stereocenters. The third-order valence-corrected chi connectivity index (χ3v) is 3.32. The van der Waals surface area contributed by atoms with Gasteiger partial charge in [-0.25, -0.2) is 0 Å². The molecule has 102 valence electrons. The first-order valence-corrected chi connectivity index (χ1v) is 7.13. The Labute approximate surface area is 112 Å². The van der Waals surface area contributed by atoms with Crippen molar-refractivity contribution in [1.29, 1.82) is 0 Å². The van der Waals surface area contributed by atoms with E-state index in [9.17, 15) is 0 Å². The van der Waals surface area contributed by atoms with Crippen molar-refractivity contribution in [3.8, 4) is 0 Å². The van der Waals surface area contributed by atoms with Gasteiger partial charge in [0.15, 0.2) is 0 Å². The van der Waals surface area contributed by atoms with Gasteiger partial charge in [-0.15, -0.1) is 0 Å². The van der Waals surface area contributed by atoms with E-state index in [1.165, 1.54) is 11.1 Å². The van der Waals surface area contributed by atoms with Gasteiger partial charge in [-0.3, -0.25) is 4.90 Å². The van der Waals surface area contributed by atoms with Crippen LogP contribution in [0.2, 0.25) is 0 Å². The van der Waals surface area contributed by atoms with Crippen LogP contribution in [-0.4, -0.2) is 37.2 Å². The Kier molecular flexibility index (Phi) is 6.99. The molecule has 1 aliphatic heterocycles. The Morgan fingerprint density at radius 1 is 1.11 bits per heavy atom. The van der Waals surface area contributed by atoms with Crippen molar-refractivity contribution in [3.05, 3.63) is 35.4 Å². The third kappa shape index (κ3) is 4.79. The van der Waals surface area contributed by atoms with E-state index in [4.69, 9.17) is 4.74 Å². The number of aryl methyl sites for hydroxylation is 1. The molecule has 1 aliphatic rings. The molecular formula is C16H27NO. The smallest absolute Gasteiger partial charge is 0.0594 e. The van der Waals surface area contributed by atoms with Gasteiger partial charge < -0.3 is 4.74 Å². The summed E-state index contributed by atoms with van der Waals surface area (Å²) in [6.45, 7) is 12.4. The summed E-state index contributed by atoms with van der Waals surface area (Å²) in [6.07, 6.45) is 1.14. The fourth-order valence-corrected chi connectivity index (χ4v) is 2.21. The largest absolute Gasteiger partial charge is 0.379 e. The molecule has 2 rings (SSSR count). The van der Waals surface area contributed by atoms with E-state index in [1.54, 1.807) is 0 Å². The lowest BCUT2D eigenvalue weighted by molar-refractivity contribution is 0.0203. The molecule has 1 unspecified atom stereocenters. The summed E-state index contributed by atoms with van der Waals surface area (Å²) in [4.78, 5) is 2.52. The maximum absolute atomic E-state index is 5.37. The van der Waals surface area contributed by atoms with Crippen LogP contribution in [0.5, 0.6) is 0 Å². The maximum atomic E-state index is 5.37. The summed E-state index contributed by atoms with van der Waals surface area (Å²) in [5.41, 5.74) is 2.77. The molecule has 1 heterocycles. The Bertz CT molecular complexity index is 314. The van der Waals surface area contributed by atoms with Crippen LogP contribution in [0, 0.1) is 6.92 Å². The van der Waals surface area contributed by atoms with Crippen molar-refractivity contribution in [3.63, 3.8) is 0 Å². The molecule has 0 aromatic heterocycles. The lowest BCUT2D eigenvalue weighted by atomic mass is 10.0. The van der Waals surface area contributed by atoms with Gasteiger partial charge in [-0.2, -0.15) is 0 Å². The third-order valence-electron chi connectivity index (χ3n) is 3.32. The van der Waals surface area contributed by atoms with Crippen LogP contribution >= 0.6 is 0 Å². The minimum Gasteiger partial charge on any atom is -0.379 e. The maximum Gasteiger partial charge on any atom is 0.0594 e. The van der Waals surface area contributed by atoms with Crippen molar-refractivity contribution >= 4 is 0 Å². The highest BCUT2D eigenvalue weighted by Gasteiger charge is 2.16. The number of rotatable bonds is 3. The fraction of sp³-hybridized carbons (Fsp3) is 0.625. The molecular weight excluding hydrogens is 222 g/mol. The predicted molar refractivity (Wildman–Crippen MR) is 78.1 cm³/mol. The first kappa shape index (κ1) is 15.2. The van der Waals surface area contributed by atoms with Gasteiger partial charge >= 0.3 is 0 Å². The first-order chi connectivity index (χ1) is 8.75. The second kappa shape index (κ2) is 8.28. The number of benzene rings is 1. The molecule has 1 saturated heterocycles. The molecule has 2 heteroatoms. The normalized spacial score (nSPS) is 17.8. The summed E-state index contributed by atoms with van der Waals surface area (Å²) in [5, 5.41) is 0. The average molecular weight is 249 g/mol. The zero-order valence-electron chi connectivity index (χ0n) is 12.3. The zero-order chi connectivity index (χ0) is 13.4. The highest BCUT2D eigenvalue weighted by atomic mass is 16.5. The topological polar surface area (TPSA) is 12.5 Å². The summed E-state index contributed by atoms with van der Waals surface area (Å²) < 4.78 is 5.37. The van der Waals surface area contributed by atoms with E-state index in [0.29, 0.717) is 6.04 Å². The van der Waals surface area contributed by atoms with Gasteiger partial charge in [0.25, 0.3) is 0 Å². The van der Waals surface area contributed by atoms with E-state index in [-0.39, 0.29) is 0 Å². The molecule has 0 N–H and O–H groups in total. The van der Waals surface area contributed by atoms with Crippen LogP contribution in [0.15, 0.2) is 24.3 Å². The van der Waals surface area contributed by atoms with Crippen LogP contribution in [-0.2, 0) is 11.2 Å². The molecule has 1 fully saturated rings. The fourth-order valence-electron chi connectivity index (χ4n) is 2.21. The molecule has 2 nitrogen and oxygen atoms in total. The molecule has 1 aromatic rings. The van der Waals surface area contributed by atoms with Crippen LogP contribution in [0.4, 0.5) is 0 Å². The number of hydrogen-bond acceptors (Lipinski definition) is 2. The highest BCUT2D eigenvalue weighted by Crippen LogP contribution is 2.11. The molecule has 0 aliphatic carbocycles. The van der Waals surface area contributed by atoms with E-state index in [2.05, 4.69) is 43.0 Å². The SMILES string of the molecule is CC.Cc1ccc(CC(C)N2CCOCC2)cc1. The van der Waals surface area contributed by atoms with Crippen molar-refractivity contribution in [1.82, 2.24) is 4.90 Å². The molecule has 0 saturated carbocycles. The van der Waals surface area contributed by atoms with Crippen molar-refractivity contribution in [2.45, 2.75) is 40.2 Å². The van der Waals surface area contributed by atoms with Crippen LogP contribution in [0.3, 0.4) is 0 Å². The first-order valence-electron chi connectivity index (χ1n) is 7.13. The Morgan fingerprint density at radius 2 is 1.67 bits per heavy atom. The zero-order valence-corrected chi connectivity index (χ0v) is 12.3. The van der Waals surface area contributed by atoms with E-state index in [0.717, 1.165) is 32.7 Å². The standard InChI is InChI=1S/C14H21NO.C2H6/c1-12-3-5-14(6-4-12)11-13(2)15-7-9-16-10-8-15;1-2/h3-6,13H,7-11H2,1-2H3;1-2H3. The molecule has 0 amide bonds. The lowest BCUT2D eigenvalue weighted by Gasteiger charge is -2.32. The van der Waals surface area contributed by atoms with Gasteiger partial charge in [0.1, 0.15) is 0 Å². The van der Waals surface area contributed by atoms with Gasteiger partial charge in [0, 0.05) is 19.1 Å². The van der Waals surface area contributed by atoms with Gasteiger partial charge in [0.05, 0.1) is 13.2 Å². The van der Waals surface area contributed by atoms with Crippen molar-refractivity contribution < 1.29 is 4.74 Å². The highest BCUT2D eigenvalue weighted by molar-refractivity contribution is 5.21. The minimum absolute atomic E-state index is 0.617. The molecule has 18 heavy (non-hydrogen) atoms. The summed E-state index contributed by atoms with van der Waals surface area (Å²) in [6, 6.07) is 9.49. The van der Waals surface area contributed by atoms with Gasteiger partial charge in [-0.1, -0.05) is 43.7 Å². The van der Waals surface area contributed by atoms with E-state index in [1.807, 2.05) is 13.8 Å². The Balaban J connectivity index is 0.000000771. The van der Waals surface area contributed by atoms with Crippen LogP contribution in [0.1, 0.15) is 31.9 Å². The van der Waals surface area contributed by atoms with Gasteiger partial charge in [0.2, 0.25) is 0 Å². The van der Waals surface area contributed by atoms with Crippen molar-refractivity contribution in [2.75, 3.05) is 26.3 Å². The van der Waals surface area contributed by atoms with Crippen LogP contribution < -0.4 is 0 Å². The summed E-state index contributed by atoms with van der Waals surface area (Å²) >= 11 is 0. The van der Waals surface area contributed by atoms with Crippen molar-refractivity contribution in [2.24, 2.45) is 0 Å². The molecule has 0 bridgehead atoms. The Morgan fingerprint density at radius 3 is 2.22 bits per heavy atom. The second-order valence-corrected chi connectivity index (χ2v) is 4.69. The average Bonchev–Trinajstić information content (AvgIpc) is 2.44. The molecule has 0 radical (unpaired) electrons. The second-order valence-electron chi connectivity index (χ2n) is 4.69. The van der Waals surface area contributed by atoms with E-state index >= 15 is 0 Å². The quantitative estimate of drug-likeness (QED) is 0.815. The lowest BCUT2D eigenvalue weighted by Crippen LogP contribution is -2.43. The minimum atomic E-state index is 0.617.